The van der Waals surface area contributed by atoms with Gasteiger partial charge in [-0.05, 0) is 36.6 Å². The second-order valence-electron chi connectivity index (χ2n) is 4.65. The van der Waals surface area contributed by atoms with Crippen LogP contribution in [0.25, 0.3) is 0 Å². The average Bonchev–Trinajstić information content (AvgIpc) is 2.12. The number of hydrogen-bond acceptors (Lipinski definition) is 3. The summed E-state index contributed by atoms with van der Waals surface area (Å²) in [7, 11) is -3.47. The molecular formula is C12H13ClO4S. The quantitative estimate of drug-likeness (QED) is 0.926. The lowest BCUT2D eigenvalue weighted by atomic mass is 9.64. The average molecular weight is 289 g/mol. The highest BCUT2D eigenvalue weighted by Gasteiger charge is 2.48. The van der Waals surface area contributed by atoms with Crippen LogP contribution in [0.4, 0.5) is 0 Å². The monoisotopic (exact) mass is 288 g/mol. The van der Waals surface area contributed by atoms with E-state index in [-0.39, 0.29) is 4.90 Å². The molecule has 1 N–H and O–H groups in total. The second kappa shape index (κ2) is 4.24. The van der Waals surface area contributed by atoms with Gasteiger partial charge in [0.1, 0.15) is 0 Å². The highest BCUT2D eigenvalue weighted by atomic mass is 35.5. The lowest BCUT2D eigenvalue weighted by Gasteiger charge is -2.39. The Morgan fingerprint density at radius 2 is 2.00 bits per heavy atom. The number of carboxylic acids is 1. The topological polar surface area (TPSA) is 71.4 Å². The van der Waals surface area contributed by atoms with E-state index in [1.165, 1.54) is 18.2 Å². The van der Waals surface area contributed by atoms with E-state index in [2.05, 4.69) is 0 Å². The van der Waals surface area contributed by atoms with Gasteiger partial charge in [-0.25, -0.2) is 8.42 Å². The molecule has 0 bridgehead atoms. The van der Waals surface area contributed by atoms with Gasteiger partial charge < -0.3 is 5.11 Å². The maximum Gasteiger partial charge on any atom is 0.314 e. The van der Waals surface area contributed by atoms with E-state index in [0.717, 1.165) is 12.7 Å². The Hall–Kier alpha value is -1.07. The highest BCUT2D eigenvalue weighted by Crippen LogP contribution is 2.46. The summed E-state index contributed by atoms with van der Waals surface area (Å²) in [6.45, 7) is 0. The first-order valence-electron chi connectivity index (χ1n) is 5.51. The number of hydrogen-bond donors (Lipinski definition) is 1. The van der Waals surface area contributed by atoms with Crippen LogP contribution in [0, 0.1) is 0 Å². The first kappa shape index (κ1) is 13.4. The van der Waals surface area contributed by atoms with Gasteiger partial charge in [-0.1, -0.05) is 18.0 Å². The Bertz CT molecular complexity index is 603. The van der Waals surface area contributed by atoms with Gasteiger partial charge >= 0.3 is 5.97 Å². The van der Waals surface area contributed by atoms with E-state index < -0.39 is 21.2 Å². The zero-order valence-electron chi connectivity index (χ0n) is 9.81. The molecule has 0 aliphatic heterocycles. The largest absolute Gasteiger partial charge is 0.481 e. The highest BCUT2D eigenvalue weighted by molar-refractivity contribution is 7.90. The molecule has 1 fully saturated rings. The van der Waals surface area contributed by atoms with Crippen LogP contribution in [0.5, 0.6) is 0 Å². The molecule has 2 rings (SSSR count). The summed E-state index contributed by atoms with van der Waals surface area (Å²) in [5.74, 6) is -0.985. The van der Waals surface area contributed by atoms with Crippen molar-refractivity contribution < 1.29 is 18.3 Å². The summed E-state index contributed by atoms with van der Waals surface area (Å²) >= 11 is 5.87. The number of carbonyl (C=O) groups is 1. The van der Waals surface area contributed by atoms with Gasteiger partial charge in [0.2, 0.25) is 0 Å². The van der Waals surface area contributed by atoms with Crippen molar-refractivity contribution in [3.8, 4) is 0 Å². The molecule has 6 heteroatoms. The molecule has 0 radical (unpaired) electrons. The van der Waals surface area contributed by atoms with Crippen molar-refractivity contribution in [3.05, 3.63) is 28.8 Å². The van der Waals surface area contributed by atoms with Crippen molar-refractivity contribution in [2.45, 2.75) is 29.6 Å². The Kier molecular flexibility index (Phi) is 3.15. The van der Waals surface area contributed by atoms with Crippen LogP contribution < -0.4 is 0 Å². The molecule has 18 heavy (non-hydrogen) atoms. The number of rotatable bonds is 3. The predicted molar refractivity (Wildman–Crippen MR) is 67.7 cm³/mol. The summed E-state index contributed by atoms with van der Waals surface area (Å²) in [5, 5.41) is 9.73. The van der Waals surface area contributed by atoms with Crippen molar-refractivity contribution in [3.63, 3.8) is 0 Å². The van der Waals surface area contributed by atoms with Crippen molar-refractivity contribution >= 4 is 27.4 Å². The van der Waals surface area contributed by atoms with E-state index in [1.54, 1.807) is 0 Å². The standard InChI is InChI=1S/C12H13ClO4S/c1-18(16,17)10-4-3-8(13)7-9(10)12(11(14)15)5-2-6-12/h3-4,7H,2,5-6H2,1H3,(H,14,15). The lowest BCUT2D eigenvalue weighted by molar-refractivity contribution is -0.147. The number of benzene rings is 1. The fraction of sp³-hybridized carbons (Fsp3) is 0.417. The maximum absolute atomic E-state index is 11.7. The second-order valence-corrected chi connectivity index (χ2v) is 7.07. The fourth-order valence-corrected chi connectivity index (χ4v) is 3.47. The number of sulfone groups is 1. The summed E-state index contributed by atoms with van der Waals surface area (Å²) in [5.41, 5.74) is -0.778. The predicted octanol–water partition coefficient (Wildman–Crippen LogP) is 2.25. The minimum atomic E-state index is -3.47. The molecule has 1 aromatic rings. The fourth-order valence-electron chi connectivity index (χ4n) is 2.33. The normalized spacial score (nSPS) is 18.1. The van der Waals surface area contributed by atoms with Crippen LogP contribution >= 0.6 is 11.6 Å². The smallest absolute Gasteiger partial charge is 0.314 e. The minimum absolute atomic E-state index is 0.0639. The van der Waals surface area contributed by atoms with Crippen LogP contribution in [-0.2, 0) is 20.0 Å². The molecule has 1 aromatic carbocycles. The molecule has 0 atom stereocenters. The molecule has 0 aromatic heterocycles. The number of halogens is 1. The van der Waals surface area contributed by atoms with Gasteiger partial charge in [-0.2, -0.15) is 0 Å². The summed E-state index contributed by atoms with van der Waals surface area (Å²) in [6, 6.07) is 4.32. The Labute approximate surface area is 110 Å². The van der Waals surface area contributed by atoms with Gasteiger partial charge in [-0.15, -0.1) is 0 Å². The van der Waals surface area contributed by atoms with E-state index in [4.69, 9.17) is 11.6 Å². The van der Waals surface area contributed by atoms with Crippen molar-refractivity contribution in [2.24, 2.45) is 0 Å². The third-order valence-electron chi connectivity index (χ3n) is 3.47. The molecule has 0 spiro atoms. The van der Waals surface area contributed by atoms with Crippen LogP contribution in [0.1, 0.15) is 24.8 Å². The molecular weight excluding hydrogens is 276 g/mol. The molecule has 1 aliphatic carbocycles. The van der Waals surface area contributed by atoms with Crippen molar-refractivity contribution in [2.75, 3.05) is 6.26 Å². The first-order valence-corrected chi connectivity index (χ1v) is 7.78. The molecule has 1 aliphatic rings. The van der Waals surface area contributed by atoms with Crippen LogP contribution in [0.2, 0.25) is 5.02 Å². The molecule has 0 saturated heterocycles. The van der Waals surface area contributed by atoms with Gasteiger partial charge in [-0.3, -0.25) is 4.79 Å². The molecule has 0 amide bonds. The zero-order valence-corrected chi connectivity index (χ0v) is 11.4. The van der Waals surface area contributed by atoms with Crippen LogP contribution in [-0.4, -0.2) is 25.7 Å². The zero-order chi connectivity index (χ0) is 13.6. The molecule has 0 heterocycles. The van der Waals surface area contributed by atoms with Gasteiger partial charge in [0.05, 0.1) is 10.3 Å². The molecule has 1 saturated carbocycles. The maximum atomic E-state index is 11.7. The van der Waals surface area contributed by atoms with Gasteiger partial charge in [0.15, 0.2) is 9.84 Å². The van der Waals surface area contributed by atoms with E-state index in [9.17, 15) is 18.3 Å². The Balaban J connectivity index is 2.70. The van der Waals surface area contributed by atoms with Crippen LogP contribution in [0.15, 0.2) is 23.1 Å². The Morgan fingerprint density at radius 1 is 1.39 bits per heavy atom. The SMILES string of the molecule is CS(=O)(=O)c1ccc(Cl)cc1C1(C(=O)O)CCC1. The van der Waals surface area contributed by atoms with Gasteiger partial charge in [0, 0.05) is 11.3 Å². The summed E-state index contributed by atoms with van der Waals surface area (Å²) < 4.78 is 23.5. The van der Waals surface area contributed by atoms with E-state index in [1.807, 2.05) is 0 Å². The van der Waals surface area contributed by atoms with Crippen molar-refractivity contribution in [1.82, 2.24) is 0 Å². The Morgan fingerprint density at radius 3 is 2.39 bits per heavy atom. The number of carboxylic acid groups (broad SMARTS) is 1. The molecule has 98 valence electrons. The third kappa shape index (κ3) is 2.01. The van der Waals surface area contributed by atoms with E-state index >= 15 is 0 Å². The third-order valence-corrected chi connectivity index (χ3v) is 4.86. The number of aliphatic carboxylic acids is 1. The van der Waals surface area contributed by atoms with E-state index in [0.29, 0.717) is 23.4 Å². The van der Waals surface area contributed by atoms with Crippen LogP contribution in [0.3, 0.4) is 0 Å². The molecule has 0 unspecified atom stereocenters. The first-order chi connectivity index (χ1) is 8.27. The van der Waals surface area contributed by atoms with Gasteiger partial charge in [0.25, 0.3) is 0 Å². The molecule has 4 nitrogen and oxygen atoms in total. The lowest BCUT2D eigenvalue weighted by Crippen LogP contribution is -2.43. The summed E-state index contributed by atoms with van der Waals surface area (Å²) in [6.07, 6.45) is 2.76. The minimum Gasteiger partial charge on any atom is -0.481 e. The van der Waals surface area contributed by atoms with Crippen molar-refractivity contribution in [1.29, 1.82) is 0 Å². The summed E-state index contributed by atoms with van der Waals surface area (Å²) in [4.78, 5) is 11.5.